The van der Waals surface area contributed by atoms with Crippen LogP contribution in [-0.2, 0) is 13.0 Å². The average molecular weight is 283 g/mol. The van der Waals surface area contributed by atoms with Crippen molar-refractivity contribution in [2.24, 2.45) is 0 Å². The lowest BCUT2D eigenvalue weighted by molar-refractivity contribution is 0.724. The molecule has 2 aromatic rings. The van der Waals surface area contributed by atoms with Gasteiger partial charge in [-0.15, -0.1) is 0 Å². The third kappa shape index (κ3) is 4.87. The molecular formula is C18H25N3. The molecular weight excluding hydrogens is 258 g/mol. The van der Waals surface area contributed by atoms with Gasteiger partial charge in [0.2, 0.25) is 0 Å². The minimum atomic E-state index is 0.902. The first-order valence-corrected chi connectivity index (χ1v) is 7.62. The fourth-order valence-electron chi connectivity index (χ4n) is 2.34. The van der Waals surface area contributed by atoms with E-state index in [-0.39, 0.29) is 0 Å². The van der Waals surface area contributed by atoms with Gasteiger partial charge in [-0.2, -0.15) is 0 Å². The van der Waals surface area contributed by atoms with Crippen molar-refractivity contribution in [1.29, 1.82) is 0 Å². The van der Waals surface area contributed by atoms with Crippen molar-refractivity contribution < 1.29 is 0 Å². The molecule has 0 bridgehead atoms. The predicted octanol–water partition coefficient (Wildman–Crippen LogP) is 3.18. The summed E-state index contributed by atoms with van der Waals surface area (Å²) in [6.45, 7) is 7.05. The molecule has 112 valence electrons. The summed E-state index contributed by atoms with van der Waals surface area (Å²) in [5.41, 5.74) is 3.74. The highest BCUT2D eigenvalue weighted by molar-refractivity contribution is 5.42. The standard InChI is InChI=1S/C18H25N3/c1-4-19-14-17-12-15(2)20-18(13-17)21(3)11-10-16-8-6-5-7-9-16/h5-9,12-13,19H,4,10-11,14H2,1-3H3. The first kappa shape index (κ1) is 15.5. The Morgan fingerprint density at radius 1 is 1.10 bits per heavy atom. The summed E-state index contributed by atoms with van der Waals surface area (Å²) in [5.74, 6) is 1.05. The van der Waals surface area contributed by atoms with Gasteiger partial charge in [0.15, 0.2) is 0 Å². The van der Waals surface area contributed by atoms with Crippen molar-refractivity contribution in [1.82, 2.24) is 10.3 Å². The molecule has 2 rings (SSSR count). The maximum atomic E-state index is 4.65. The number of nitrogens with one attached hydrogen (secondary N) is 1. The maximum absolute atomic E-state index is 4.65. The molecule has 3 heteroatoms. The molecule has 0 aliphatic heterocycles. The predicted molar refractivity (Wildman–Crippen MR) is 89.8 cm³/mol. The van der Waals surface area contributed by atoms with E-state index in [2.05, 4.69) is 78.6 Å². The summed E-state index contributed by atoms with van der Waals surface area (Å²) in [5, 5.41) is 3.37. The highest BCUT2D eigenvalue weighted by Crippen LogP contribution is 2.14. The van der Waals surface area contributed by atoms with Crippen LogP contribution in [-0.4, -0.2) is 25.1 Å². The van der Waals surface area contributed by atoms with Crippen LogP contribution in [0, 0.1) is 6.92 Å². The second-order valence-corrected chi connectivity index (χ2v) is 5.41. The summed E-state index contributed by atoms with van der Waals surface area (Å²) in [6, 6.07) is 14.9. The monoisotopic (exact) mass is 283 g/mol. The molecule has 0 atom stereocenters. The highest BCUT2D eigenvalue weighted by Gasteiger charge is 2.06. The molecule has 1 aromatic carbocycles. The number of aryl methyl sites for hydroxylation is 1. The van der Waals surface area contributed by atoms with Gasteiger partial charge in [0, 0.05) is 25.8 Å². The number of anilines is 1. The first-order chi connectivity index (χ1) is 10.2. The molecule has 0 aliphatic rings. The maximum Gasteiger partial charge on any atom is 0.128 e. The normalized spacial score (nSPS) is 10.6. The lowest BCUT2D eigenvalue weighted by atomic mass is 10.1. The van der Waals surface area contributed by atoms with Crippen LogP contribution in [0.1, 0.15) is 23.7 Å². The third-order valence-corrected chi connectivity index (χ3v) is 3.55. The van der Waals surface area contributed by atoms with E-state index >= 15 is 0 Å². The van der Waals surface area contributed by atoms with E-state index in [1.54, 1.807) is 0 Å². The lowest BCUT2D eigenvalue weighted by Gasteiger charge is -2.19. The summed E-state index contributed by atoms with van der Waals surface area (Å²) >= 11 is 0. The van der Waals surface area contributed by atoms with Crippen LogP contribution in [0.25, 0.3) is 0 Å². The van der Waals surface area contributed by atoms with Gasteiger partial charge in [0.1, 0.15) is 5.82 Å². The Morgan fingerprint density at radius 3 is 2.57 bits per heavy atom. The quantitative estimate of drug-likeness (QED) is 0.846. The van der Waals surface area contributed by atoms with E-state index in [0.717, 1.165) is 37.6 Å². The smallest absolute Gasteiger partial charge is 0.128 e. The summed E-state index contributed by atoms with van der Waals surface area (Å²) in [4.78, 5) is 6.88. The van der Waals surface area contributed by atoms with Gasteiger partial charge in [0.05, 0.1) is 0 Å². The Kier molecular flexibility index (Phi) is 5.76. The molecule has 0 amide bonds. The van der Waals surface area contributed by atoms with E-state index in [0.29, 0.717) is 0 Å². The van der Waals surface area contributed by atoms with Gasteiger partial charge in [-0.3, -0.25) is 0 Å². The lowest BCUT2D eigenvalue weighted by Crippen LogP contribution is -2.22. The molecule has 0 fully saturated rings. The summed E-state index contributed by atoms with van der Waals surface area (Å²) in [7, 11) is 2.11. The topological polar surface area (TPSA) is 28.2 Å². The van der Waals surface area contributed by atoms with Gasteiger partial charge in [0.25, 0.3) is 0 Å². The van der Waals surface area contributed by atoms with Crippen LogP contribution >= 0.6 is 0 Å². The van der Waals surface area contributed by atoms with Crippen molar-refractivity contribution in [2.75, 3.05) is 25.0 Å². The Bertz CT molecular complexity index is 552. The van der Waals surface area contributed by atoms with Gasteiger partial charge in [-0.25, -0.2) is 4.98 Å². The van der Waals surface area contributed by atoms with Crippen molar-refractivity contribution in [2.45, 2.75) is 26.8 Å². The van der Waals surface area contributed by atoms with E-state index in [1.807, 2.05) is 0 Å². The van der Waals surface area contributed by atoms with Crippen molar-refractivity contribution in [3.05, 3.63) is 59.3 Å². The van der Waals surface area contributed by atoms with Crippen molar-refractivity contribution >= 4 is 5.82 Å². The van der Waals surface area contributed by atoms with Gasteiger partial charge in [-0.1, -0.05) is 37.3 Å². The number of hydrogen-bond donors (Lipinski definition) is 1. The minimum absolute atomic E-state index is 0.902. The largest absolute Gasteiger partial charge is 0.359 e. The molecule has 1 heterocycles. The second-order valence-electron chi connectivity index (χ2n) is 5.41. The highest BCUT2D eigenvalue weighted by atomic mass is 15.2. The first-order valence-electron chi connectivity index (χ1n) is 7.62. The number of likely N-dealkylation sites (N-methyl/N-ethyl adjacent to an activating group) is 1. The average Bonchev–Trinajstić information content (AvgIpc) is 2.51. The molecule has 0 aliphatic carbocycles. The Morgan fingerprint density at radius 2 is 1.86 bits per heavy atom. The molecule has 3 nitrogen and oxygen atoms in total. The number of rotatable bonds is 7. The van der Waals surface area contributed by atoms with E-state index in [9.17, 15) is 0 Å². The number of hydrogen-bond acceptors (Lipinski definition) is 3. The summed E-state index contributed by atoms with van der Waals surface area (Å²) < 4.78 is 0. The molecule has 0 unspecified atom stereocenters. The van der Waals surface area contributed by atoms with Gasteiger partial charge >= 0.3 is 0 Å². The van der Waals surface area contributed by atoms with Crippen molar-refractivity contribution in [3.8, 4) is 0 Å². The minimum Gasteiger partial charge on any atom is -0.359 e. The Balaban J connectivity index is 2.01. The number of nitrogens with zero attached hydrogens (tertiary/aromatic N) is 2. The van der Waals surface area contributed by atoms with Gasteiger partial charge < -0.3 is 10.2 Å². The fraction of sp³-hybridized carbons (Fsp3) is 0.389. The van der Waals surface area contributed by atoms with Crippen molar-refractivity contribution in [3.63, 3.8) is 0 Å². The molecule has 1 N–H and O–H groups in total. The summed E-state index contributed by atoms with van der Waals surface area (Å²) in [6.07, 6.45) is 1.04. The Labute approximate surface area is 128 Å². The number of pyridine rings is 1. The van der Waals surface area contributed by atoms with E-state index < -0.39 is 0 Å². The fourth-order valence-corrected chi connectivity index (χ4v) is 2.34. The van der Waals surface area contributed by atoms with Crippen LogP contribution in [0.4, 0.5) is 5.82 Å². The van der Waals surface area contributed by atoms with E-state index in [1.165, 1.54) is 11.1 Å². The zero-order valence-electron chi connectivity index (χ0n) is 13.3. The molecule has 0 spiro atoms. The molecule has 1 aromatic heterocycles. The zero-order chi connectivity index (χ0) is 15.1. The van der Waals surface area contributed by atoms with Crippen LogP contribution in [0.3, 0.4) is 0 Å². The SMILES string of the molecule is CCNCc1cc(C)nc(N(C)CCc2ccccc2)c1. The van der Waals surface area contributed by atoms with Crippen LogP contribution in [0.5, 0.6) is 0 Å². The van der Waals surface area contributed by atoms with Crippen LogP contribution in [0.15, 0.2) is 42.5 Å². The second kappa shape index (κ2) is 7.79. The molecule has 0 radical (unpaired) electrons. The Hall–Kier alpha value is -1.87. The third-order valence-electron chi connectivity index (χ3n) is 3.55. The molecule has 21 heavy (non-hydrogen) atoms. The van der Waals surface area contributed by atoms with E-state index in [4.69, 9.17) is 0 Å². The molecule has 0 saturated heterocycles. The number of aromatic nitrogens is 1. The molecule has 0 saturated carbocycles. The van der Waals surface area contributed by atoms with Gasteiger partial charge in [-0.05, 0) is 43.1 Å². The number of benzene rings is 1. The zero-order valence-corrected chi connectivity index (χ0v) is 13.3. The van der Waals surface area contributed by atoms with Crippen LogP contribution in [0.2, 0.25) is 0 Å². The van der Waals surface area contributed by atoms with Crippen LogP contribution < -0.4 is 10.2 Å².